The quantitative estimate of drug-likeness (QED) is 0.348. The zero-order valence-corrected chi connectivity index (χ0v) is 16.1. The fourth-order valence-corrected chi connectivity index (χ4v) is 3.97. The Morgan fingerprint density at radius 1 is 0.968 bits per heavy atom. The predicted octanol–water partition coefficient (Wildman–Crippen LogP) is 0.0248. The normalized spacial score (nSPS) is 30.5. The fraction of sp³-hybridized carbons (Fsp3) is 0.381. The molecular weight excluding hydrogens is 412 g/mol. The van der Waals surface area contributed by atoms with E-state index in [1.165, 1.54) is 12.1 Å². The van der Waals surface area contributed by atoms with Gasteiger partial charge in [-0.25, -0.2) is 0 Å². The molecule has 2 aromatic carbocycles. The number of carbonyl (C=O) groups is 1. The summed E-state index contributed by atoms with van der Waals surface area (Å²) in [5.74, 6) is -1.79. The number of ketones is 1. The Bertz CT molecular complexity index is 987. The highest BCUT2D eigenvalue weighted by molar-refractivity contribution is 6.03. The monoisotopic (exact) mass is 434 g/mol. The first-order valence-corrected chi connectivity index (χ1v) is 9.61. The molecule has 0 bridgehead atoms. The van der Waals surface area contributed by atoms with Gasteiger partial charge in [-0.15, -0.1) is 0 Å². The number of aliphatic hydroxyl groups excluding tert-OH is 4. The third kappa shape index (κ3) is 3.58. The molecule has 10 nitrogen and oxygen atoms in total. The van der Waals surface area contributed by atoms with Crippen LogP contribution in [0.3, 0.4) is 0 Å². The van der Waals surface area contributed by atoms with Crippen LogP contribution >= 0.6 is 0 Å². The molecule has 0 spiro atoms. The van der Waals surface area contributed by atoms with Gasteiger partial charge in [-0.3, -0.25) is 4.79 Å². The predicted molar refractivity (Wildman–Crippen MR) is 103 cm³/mol. The number of Topliss-reactive ketones (excluding diaryl/α,β-unsaturated/α-hetero) is 1. The van der Waals surface area contributed by atoms with E-state index in [1.54, 1.807) is 12.1 Å². The number of carbonyl (C=O) groups excluding carboxylic acids is 1. The van der Waals surface area contributed by atoms with E-state index in [4.69, 9.17) is 9.47 Å². The van der Waals surface area contributed by atoms with Crippen molar-refractivity contribution >= 4 is 5.78 Å². The second-order valence-corrected chi connectivity index (χ2v) is 7.61. The molecule has 4 rings (SSSR count). The molecule has 0 amide bonds. The minimum Gasteiger partial charge on any atom is -0.508 e. The third-order valence-corrected chi connectivity index (χ3v) is 5.64. The Labute approximate surface area is 176 Å². The lowest BCUT2D eigenvalue weighted by Crippen LogP contribution is -2.55. The minimum absolute atomic E-state index is 0.0470. The number of fused-ring (bicyclic) bond motifs is 1. The topological polar surface area (TPSA) is 177 Å². The lowest BCUT2D eigenvalue weighted by Gasteiger charge is -2.40. The summed E-state index contributed by atoms with van der Waals surface area (Å²) >= 11 is 0. The smallest absolute Gasteiger partial charge is 0.174 e. The second kappa shape index (κ2) is 7.98. The van der Waals surface area contributed by atoms with Crippen molar-refractivity contribution in [1.82, 2.24) is 0 Å². The Balaban J connectivity index is 1.72. The maximum absolute atomic E-state index is 12.8. The summed E-state index contributed by atoms with van der Waals surface area (Å²) in [6.07, 6.45) is -8.72. The van der Waals surface area contributed by atoms with E-state index < -0.39 is 60.5 Å². The molecule has 2 aliphatic rings. The average Bonchev–Trinajstić information content (AvgIpc) is 2.73. The molecular formula is C21H22O10. The van der Waals surface area contributed by atoms with E-state index in [2.05, 4.69) is 0 Å². The fourth-order valence-electron chi connectivity index (χ4n) is 3.97. The zero-order valence-electron chi connectivity index (χ0n) is 16.1. The van der Waals surface area contributed by atoms with Crippen molar-refractivity contribution in [1.29, 1.82) is 0 Å². The molecule has 166 valence electrons. The number of aromatic hydroxyl groups is 3. The molecule has 31 heavy (non-hydrogen) atoms. The molecule has 6 atom stereocenters. The van der Waals surface area contributed by atoms with Crippen LogP contribution in [0.4, 0.5) is 0 Å². The summed E-state index contributed by atoms with van der Waals surface area (Å²) < 4.78 is 11.2. The highest BCUT2D eigenvalue weighted by Crippen LogP contribution is 2.49. The summed E-state index contributed by atoms with van der Waals surface area (Å²) in [6.45, 7) is -0.690. The van der Waals surface area contributed by atoms with Gasteiger partial charge in [0, 0.05) is 6.07 Å². The molecule has 2 aliphatic heterocycles. The van der Waals surface area contributed by atoms with Gasteiger partial charge in [0.05, 0.1) is 18.6 Å². The molecule has 0 radical (unpaired) electrons. The van der Waals surface area contributed by atoms with E-state index in [0.717, 1.165) is 6.07 Å². The van der Waals surface area contributed by atoms with Gasteiger partial charge in [-0.1, -0.05) is 12.1 Å². The number of phenols is 3. The SMILES string of the molecule is O=C1C[C@@H](c2ccc(O)cc2)Oc2cc(O)c([C@H]3O[C@@H](CO)[C@@H](O)[C@H](O)[C@@H]3O)c(O)c21. The second-order valence-electron chi connectivity index (χ2n) is 7.61. The molecule has 0 aromatic heterocycles. The summed E-state index contributed by atoms with van der Waals surface area (Å²) in [5, 5.41) is 70.4. The largest absolute Gasteiger partial charge is 0.508 e. The Hall–Kier alpha value is -2.89. The van der Waals surface area contributed by atoms with Crippen LogP contribution in [0.5, 0.6) is 23.0 Å². The van der Waals surface area contributed by atoms with Crippen LogP contribution < -0.4 is 4.74 Å². The number of aliphatic hydroxyl groups is 4. The van der Waals surface area contributed by atoms with Gasteiger partial charge in [0.25, 0.3) is 0 Å². The van der Waals surface area contributed by atoms with E-state index in [9.17, 15) is 40.5 Å². The zero-order chi connectivity index (χ0) is 22.4. The van der Waals surface area contributed by atoms with E-state index in [-0.39, 0.29) is 29.0 Å². The molecule has 1 saturated heterocycles. The van der Waals surface area contributed by atoms with E-state index in [0.29, 0.717) is 5.56 Å². The van der Waals surface area contributed by atoms with Crippen LogP contribution in [0.2, 0.25) is 0 Å². The van der Waals surface area contributed by atoms with Crippen LogP contribution in [0.15, 0.2) is 30.3 Å². The van der Waals surface area contributed by atoms with Gasteiger partial charge >= 0.3 is 0 Å². The number of phenolic OH excluding ortho intramolecular Hbond substituents is 3. The highest BCUT2D eigenvalue weighted by Gasteiger charge is 2.47. The van der Waals surface area contributed by atoms with Gasteiger partial charge in [0.15, 0.2) is 5.78 Å². The summed E-state index contributed by atoms with van der Waals surface area (Å²) in [7, 11) is 0. The Morgan fingerprint density at radius 2 is 1.65 bits per heavy atom. The summed E-state index contributed by atoms with van der Waals surface area (Å²) in [6, 6.07) is 7.14. The van der Waals surface area contributed by atoms with Gasteiger partial charge in [-0.05, 0) is 17.7 Å². The molecule has 0 saturated carbocycles. The molecule has 2 aromatic rings. The Kier molecular flexibility index (Phi) is 5.50. The van der Waals surface area contributed by atoms with Crippen LogP contribution in [0.1, 0.15) is 40.1 Å². The van der Waals surface area contributed by atoms with Gasteiger partial charge in [0.2, 0.25) is 0 Å². The van der Waals surface area contributed by atoms with Crippen LogP contribution in [-0.4, -0.2) is 72.6 Å². The standard InChI is InChI=1S/C21H22O10/c22-7-14-17(26)19(28)20(29)21(31-14)16-11(25)6-13-15(18(16)27)10(24)5-12(30-13)8-1-3-9(23)4-2-8/h1-4,6,12,14,17,19-23,25-29H,5,7H2/t12-,14-,17+,19-,20-,21+/m0/s1. The first-order chi connectivity index (χ1) is 14.7. The lowest BCUT2D eigenvalue weighted by atomic mass is 9.87. The van der Waals surface area contributed by atoms with Crippen LogP contribution in [0.25, 0.3) is 0 Å². The number of hydrogen-bond acceptors (Lipinski definition) is 10. The van der Waals surface area contributed by atoms with Gasteiger partial charge in [0.1, 0.15) is 65.2 Å². The number of benzene rings is 2. The molecule has 1 fully saturated rings. The minimum atomic E-state index is -1.75. The summed E-state index contributed by atoms with van der Waals surface area (Å²) in [5.41, 5.74) is 0.0178. The molecule has 0 unspecified atom stereocenters. The van der Waals surface area contributed by atoms with Crippen molar-refractivity contribution in [2.75, 3.05) is 6.61 Å². The van der Waals surface area contributed by atoms with Crippen molar-refractivity contribution in [2.45, 2.75) is 43.0 Å². The number of hydrogen-bond donors (Lipinski definition) is 7. The molecule has 2 heterocycles. The van der Waals surface area contributed by atoms with Gasteiger partial charge < -0.3 is 45.2 Å². The van der Waals surface area contributed by atoms with E-state index >= 15 is 0 Å². The maximum atomic E-state index is 12.8. The van der Waals surface area contributed by atoms with Crippen molar-refractivity contribution in [3.63, 3.8) is 0 Å². The molecule has 7 N–H and O–H groups in total. The molecule has 10 heteroatoms. The Morgan fingerprint density at radius 3 is 2.29 bits per heavy atom. The first-order valence-electron chi connectivity index (χ1n) is 9.61. The summed E-state index contributed by atoms with van der Waals surface area (Å²) in [4.78, 5) is 12.8. The average molecular weight is 434 g/mol. The van der Waals surface area contributed by atoms with Gasteiger partial charge in [-0.2, -0.15) is 0 Å². The molecule has 0 aliphatic carbocycles. The maximum Gasteiger partial charge on any atom is 0.174 e. The van der Waals surface area contributed by atoms with Crippen molar-refractivity contribution in [2.24, 2.45) is 0 Å². The van der Waals surface area contributed by atoms with Crippen LogP contribution in [-0.2, 0) is 4.74 Å². The van der Waals surface area contributed by atoms with Crippen LogP contribution in [0, 0.1) is 0 Å². The first kappa shape index (κ1) is 21.3. The number of rotatable bonds is 3. The van der Waals surface area contributed by atoms with Crippen molar-refractivity contribution in [3.05, 3.63) is 47.0 Å². The highest BCUT2D eigenvalue weighted by atomic mass is 16.5. The third-order valence-electron chi connectivity index (χ3n) is 5.64. The van der Waals surface area contributed by atoms with Crippen molar-refractivity contribution in [3.8, 4) is 23.0 Å². The number of ether oxygens (including phenoxy) is 2. The van der Waals surface area contributed by atoms with Crippen molar-refractivity contribution < 1.29 is 50.0 Å². The lowest BCUT2D eigenvalue weighted by molar-refractivity contribution is -0.232. The van der Waals surface area contributed by atoms with E-state index in [1.807, 2.05) is 0 Å².